The quantitative estimate of drug-likeness (QED) is 0.354. The molecule has 2 rings (SSSR count). The lowest BCUT2D eigenvalue weighted by Gasteiger charge is -2.18. The summed E-state index contributed by atoms with van der Waals surface area (Å²) in [7, 11) is 0. The lowest BCUT2D eigenvalue weighted by molar-refractivity contribution is 0.217. The summed E-state index contributed by atoms with van der Waals surface area (Å²) in [5.41, 5.74) is 2.26. The number of anilines is 2. The van der Waals surface area contributed by atoms with E-state index in [1.165, 1.54) is 0 Å². The summed E-state index contributed by atoms with van der Waals surface area (Å²) in [6, 6.07) is 17.2. The zero-order chi connectivity index (χ0) is 21.9. The molecule has 0 aliphatic carbocycles. The molecule has 30 heavy (non-hydrogen) atoms. The van der Waals surface area contributed by atoms with Crippen molar-refractivity contribution in [2.24, 2.45) is 11.8 Å². The second-order valence-electron chi connectivity index (χ2n) is 9.10. The van der Waals surface area contributed by atoms with Crippen molar-refractivity contribution in [2.75, 3.05) is 23.8 Å². The first-order valence-corrected chi connectivity index (χ1v) is 11.3. The van der Waals surface area contributed by atoms with Crippen molar-refractivity contribution >= 4 is 11.4 Å². The van der Waals surface area contributed by atoms with Crippen molar-refractivity contribution < 1.29 is 9.47 Å². The summed E-state index contributed by atoms with van der Waals surface area (Å²) in [5, 5.41) is 7.06. The maximum Gasteiger partial charge on any atom is 0.122 e. The van der Waals surface area contributed by atoms with Crippen molar-refractivity contribution in [3.05, 3.63) is 48.5 Å². The molecule has 0 radical (unpaired) electrons. The van der Waals surface area contributed by atoms with Gasteiger partial charge in [0.1, 0.15) is 24.7 Å². The Balaban J connectivity index is 1.68. The van der Waals surface area contributed by atoms with E-state index in [-0.39, 0.29) is 0 Å². The number of nitrogens with one attached hydrogen (secondary N) is 2. The van der Waals surface area contributed by atoms with Crippen LogP contribution in [0.25, 0.3) is 0 Å². The lowest BCUT2D eigenvalue weighted by Crippen LogP contribution is -2.17. The van der Waals surface area contributed by atoms with Crippen LogP contribution in [-0.4, -0.2) is 25.3 Å². The molecule has 0 saturated carbocycles. The standard InChI is InChI=1S/C26H40N2O2/c1-19(2)17-21(5)27-23-7-11-25(12-8-23)29-15-16-30-26-13-9-24(10-14-26)28-22(6)18-20(3)4/h7-14,19-22,27-28H,15-18H2,1-6H3. The molecule has 166 valence electrons. The van der Waals surface area contributed by atoms with Crippen LogP contribution in [0, 0.1) is 11.8 Å². The molecule has 0 amide bonds. The summed E-state index contributed by atoms with van der Waals surface area (Å²) >= 11 is 0. The Hall–Kier alpha value is -2.36. The Labute approximate surface area is 183 Å². The highest BCUT2D eigenvalue weighted by atomic mass is 16.5. The van der Waals surface area contributed by atoms with Gasteiger partial charge in [0, 0.05) is 23.5 Å². The molecule has 4 heteroatoms. The zero-order valence-electron chi connectivity index (χ0n) is 19.6. The SMILES string of the molecule is CC(C)CC(C)Nc1ccc(OCCOc2ccc(NC(C)CC(C)C)cc2)cc1. The van der Waals surface area contributed by atoms with E-state index < -0.39 is 0 Å². The first-order valence-electron chi connectivity index (χ1n) is 11.3. The van der Waals surface area contributed by atoms with Gasteiger partial charge in [0.15, 0.2) is 0 Å². The largest absolute Gasteiger partial charge is 0.490 e. The molecule has 0 saturated heterocycles. The molecule has 0 heterocycles. The monoisotopic (exact) mass is 412 g/mol. The summed E-state index contributed by atoms with van der Waals surface area (Å²) in [6.45, 7) is 14.5. The molecule has 2 aromatic carbocycles. The molecule has 0 aliphatic heterocycles. The van der Waals surface area contributed by atoms with E-state index >= 15 is 0 Å². The van der Waals surface area contributed by atoms with Crippen LogP contribution in [0.2, 0.25) is 0 Å². The molecule has 2 atom stereocenters. The highest BCUT2D eigenvalue weighted by molar-refractivity contribution is 5.47. The lowest BCUT2D eigenvalue weighted by atomic mass is 10.1. The number of benzene rings is 2. The summed E-state index contributed by atoms with van der Waals surface area (Å²) in [5.74, 6) is 3.10. The van der Waals surface area contributed by atoms with Crippen molar-refractivity contribution in [2.45, 2.75) is 66.5 Å². The van der Waals surface area contributed by atoms with Crippen LogP contribution in [0.4, 0.5) is 11.4 Å². The van der Waals surface area contributed by atoms with Gasteiger partial charge in [0.25, 0.3) is 0 Å². The van der Waals surface area contributed by atoms with Gasteiger partial charge in [-0.2, -0.15) is 0 Å². The van der Waals surface area contributed by atoms with Crippen LogP contribution in [0.5, 0.6) is 11.5 Å². The van der Waals surface area contributed by atoms with Gasteiger partial charge in [-0.1, -0.05) is 27.7 Å². The van der Waals surface area contributed by atoms with Crippen LogP contribution in [0.15, 0.2) is 48.5 Å². The predicted octanol–water partition coefficient (Wildman–Crippen LogP) is 6.84. The Kier molecular flexibility index (Phi) is 9.85. The highest BCUT2D eigenvalue weighted by Crippen LogP contribution is 2.20. The molecule has 0 fully saturated rings. The van der Waals surface area contributed by atoms with Crippen molar-refractivity contribution in [3.8, 4) is 11.5 Å². The summed E-state index contributed by atoms with van der Waals surface area (Å²) < 4.78 is 11.6. The van der Waals surface area contributed by atoms with E-state index in [0.29, 0.717) is 37.1 Å². The van der Waals surface area contributed by atoms with E-state index in [4.69, 9.17) is 9.47 Å². The molecule has 0 bridgehead atoms. The fraction of sp³-hybridized carbons (Fsp3) is 0.538. The van der Waals surface area contributed by atoms with Crippen molar-refractivity contribution in [1.29, 1.82) is 0 Å². The van der Waals surface area contributed by atoms with Gasteiger partial charge < -0.3 is 20.1 Å². The summed E-state index contributed by atoms with van der Waals surface area (Å²) in [6.07, 6.45) is 2.31. The Morgan fingerprint density at radius 3 is 1.20 bits per heavy atom. The maximum atomic E-state index is 5.80. The molecular formula is C26H40N2O2. The first kappa shape index (κ1) is 23.9. The molecule has 2 unspecified atom stereocenters. The first-order chi connectivity index (χ1) is 14.3. The molecule has 0 spiro atoms. The second kappa shape index (κ2) is 12.4. The third-order valence-electron chi connectivity index (χ3n) is 4.81. The third-order valence-corrected chi connectivity index (χ3v) is 4.81. The fourth-order valence-electron chi connectivity index (χ4n) is 3.71. The minimum absolute atomic E-state index is 0.463. The van der Waals surface area contributed by atoms with Crippen LogP contribution in [-0.2, 0) is 0 Å². The molecule has 4 nitrogen and oxygen atoms in total. The van der Waals surface area contributed by atoms with E-state index in [1.807, 2.05) is 24.3 Å². The van der Waals surface area contributed by atoms with Crippen molar-refractivity contribution in [1.82, 2.24) is 0 Å². The predicted molar refractivity (Wildman–Crippen MR) is 129 cm³/mol. The second-order valence-corrected chi connectivity index (χ2v) is 9.10. The van der Waals surface area contributed by atoms with Gasteiger partial charge in [-0.3, -0.25) is 0 Å². The molecule has 0 aromatic heterocycles. The molecule has 0 aliphatic rings. The van der Waals surface area contributed by atoms with Gasteiger partial charge in [-0.25, -0.2) is 0 Å². The van der Waals surface area contributed by atoms with Gasteiger partial charge >= 0.3 is 0 Å². The fourth-order valence-corrected chi connectivity index (χ4v) is 3.71. The van der Waals surface area contributed by atoms with Crippen LogP contribution in [0.3, 0.4) is 0 Å². The summed E-state index contributed by atoms with van der Waals surface area (Å²) in [4.78, 5) is 0. The van der Waals surface area contributed by atoms with Crippen LogP contribution in [0.1, 0.15) is 54.4 Å². The van der Waals surface area contributed by atoms with Crippen LogP contribution >= 0.6 is 0 Å². The van der Waals surface area contributed by atoms with Crippen molar-refractivity contribution in [3.63, 3.8) is 0 Å². The minimum atomic E-state index is 0.463. The van der Waals surface area contributed by atoms with Gasteiger partial charge in [0.2, 0.25) is 0 Å². The van der Waals surface area contributed by atoms with Gasteiger partial charge in [-0.15, -0.1) is 0 Å². The average Bonchev–Trinajstić information content (AvgIpc) is 2.66. The number of rotatable bonds is 13. The van der Waals surface area contributed by atoms with E-state index in [2.05, 4.69) is 76.4 Å². The topological polar surface area (TPSA) is 42.5 Å². The third kappa shape index (κ3) is 9.43. The van der Waals surface area contributed by atoms with Crippen LogP contribution < -0.4 is 20.1 Å². The highest BCUT2D eigenvalue weighted by Gasteiger charge is 2.06. The molecule has 2 aromatic rings. The number of hydrogen-bond acceptors (Lipinski definition) is 4. The number of hydrogen-bond donors (Lipinski definition) is 2. The molecular weight excluding hydrogens is 372 g/mol. The minimum Gasteiger partial charge on any atom is -0.490 e. The van der Waals surface area contributed by atoms with Gasteiger partial charge in [-0.05, 0) is 87.1 Å². The van der Waals surface area contributed by atoms with Gasteiger partial charge in [0.05, 0.1) is 0 Å². The normalized spacial score (nSPS) is 13.2. The Morgan fingerprint density at radius 2 is 0.900 bits per heavy atom. The maximum absolute atomic E-state index is 5.80. The smallest absolute Gasteiger partial charge is 0.122 e. The Bertz CT molecular complexity index is 647. The molecule has 2 N–H and O–H groups in total. The average molecular weight is 413 g/mol. The van der Waals surface area contributed by atoms with E-state index in [0.717, 1.165) is 35.7 Å². The van der Waals surface area contributed by atoms with E-state index in [1.54, 1.807) is 0 Å². The number of ether oxygens (including phenoxy) is 2. The Morgan fingerprint density at radius 1 is 0.567 bits per heavy atom. The van der Waals surface area contributed by atoms with E-state index in [9.17, 15) is 0 Å². The zero-order valence-corrected chi connectivity index (χ0v) is 19.6.